The van der Waals surface area contributed by atoms with E-state index in [9.17, 15) is 17.2 Å². The Balaban J connectivity index is 2.13. The molecule has 0 amide bonds. The van der Waals surface area contributed by atoms with E-state index in [0.29, 0.717) is 11.3 Å². The molecule has 2 aromatic rings. The van der Waals surface area contributed by atoms with Gasteiger partial charge in [0.05, 0.1) is 4.90 Å². The van der Waals surface area contributed by atoms with Gasteiger partial charge in [-0.25, -0.2) is 21.9 Å². The van der Waals surface area contributed by atoms with E-state index in [1.807, 2.05) is 0 Å². The second-order valence-corrected chi connectivity index (χ2v) is 5.91. The van der Waals surface area contributed by atoms with Gasteiger partial charge < -0.3 is 5.73 Å². The maximum Gasteiger partial charge on any atom is 0.240 e. The quantitative estimate of drug-likeness (QED) is 0.848. The van der Waals surface area contributed by atoms with E-state index in [1.165, 1.54) is 30.3 Å². The van der Waals surface area contributed by atoms with Crippen molar-refractivity contribution in [3.63, 3.8) is 0 Å². The van der Waals surface area contributed by atoms with E-state index in [2.05, 4.69) is 4.72 Å². The fourth-order valence-corrected chi connectivity index (χ4v) is 2.58. The number of rotatable bonds is 4. The molecule has 7 heteroatoms. The first-order valence-corrected chi connectivity index (χ1v) is 7.16. The molecule has 0 aliphatic rings. The van der Waals surface area contributed by atoms with Crippen LogP contribution in [0.2, 0.25) is 0 Å². The Bertz CT molecular complexity index is 716. The van der Waals surface area contributed by atoms with Crippen LogP contribution in [0.1, 0.15) is 5.56 Å². The molecule has 4 nitrogen and oxygen atoms in total. The smallest absolute Gasteiger partial charge is 0.240 e. The van der Waals surface area contributed by atoms with Crippen molar-refractivity contribution in [1.29, 1.82) is 0 Å². The van der Waals surface area contributed by atoms with Gasteiger partial charge in [0.25, 0.3) is 0 Å². The minimum Gasteiger partial charge on any atom is -0.399 e. The predicted octanol–water partition coefficient (Wildman–Crippen LogP) is 2.03. The van der Waals surface area contributed by atoms with Crippen LogP contribution in [-0.4, -0.2) is 8.42 Å². The Morgan fingerprint density at radius 3 is 2.25 bits per heavy atom. The lowest BCUT2D eigenvalue weighted by Gasteiger charge is -2.07. The number of halogens is 2. The molecule has 0 atom stereocenters. The molecule has 0 aromatic heterocycles. The molecule has 0 radical (unpaired) electrons. The van der Waals surface area contributed by atoms with Crippen LogP contribution in [0, 0.1) is 11.6 Å². The van der Waals surface area contributed by atoms with Crippen LogP contribution in [-0.2, 0) is 16.6 Å². The largest absolute Gasteiger partial charge is 0.399 e. The Kier molecular flexibility index (Phi) is 4.01. The van der Waals surface area contributed by atoms with Crippen LogP contribution in [0.15, 0.2) is 47.4 Å². The molecule has 3 N–H and O–H groups in total. The Morgan fingerprint density at radius 1 is 1.00 bits per heavy atom. The highest BCUT2D eigenvalue weighted by Gasteiger charge is 2.13. The zero-order valence-electron chi connectivity index (χ0n) is 10.3. The van der Waals surface area contributed by atoms with Gasteiger partial charge in [-0.1, -0.05) is 6.07 Å². The van der Waals surface area contributed by atoms with E-state index < -0.39 is 21.7 Å². The molecule has 0 spiro atoms. The summed E-state index contributed by atoms with van der Waals surface area (Å²) in [6, 6.07) is 8.86. The molecule has 0 aliphatic carbocycles. The molecule has 0 saturated carbocycles. The fraction of sp³-hybridized carbons (Fsp3) is 0.0769. The van der Waals surface area contributed by atoms with E-state index >= 15 is 0 Å². The average Bonchev–Trinajstić information content (AvgIpc) is 2.41. The van der Waals surface area contributed by atoms with E-state index in [-0.39, 0.29) is 11.4 Å². The van der Waals surface area contributed by atoms with E-state index in [1.54, 1.807) is 0 Å². The van der Waals surface area contributed by atoms with Crippen LogP contribution in [0.3, 0.4) is 0 Å². The van der Waals surface area contributed by atoms with Crippen molar-refractivity contribution >= 4 is 15.7 Å². The van der Waals surface area contributed by atoms with Gasteiger partial charge in [0.2, 0.25) is 10.0 Å². The molecule has 0 bridgehead atoms. The third kappa shape index (κ3) is 3.31. The van der Waals surface area contributed by atoms with Crippen molar-refractivity contribution in [3.8, 4) is 0 Å². The van der Waals surface area contributed by atoms with Crippen molar-refractivity contribution < 1.29 is 17.2 Å². The van der Waals surface area contributed by atoms with Crippen molar-refractivity contribution in [2.45, 2.75) is 11.4 Å². The monoisotopic (exact) mass is 298 g/mol. The summed E-state index contributed by atoms with van der Waals surface area (Å²) in [5.74, 6) is -2.00. The Labute approximate surface area is 115 Å². The third-order valence-corrected chi connectivity index (χ3v) is 4.06. The number of hydrogen-bond donors (Lipinski definition) is 2. The topological polar surface area (TPSA) is 72.2 Å². The van der Waals surface area contributed by atoms with Gasteiger partial charge in [-0.3, -0.25) is 0 Å². The molecule has 106 valence electrons. The van der Waals surface area contributed by atoms with Gasteiger partial charge in [-0.2, -0.15) is 0 Å². The highest BCUT2D eigenvalue weighted by molar-refractivity contribution is 7.89. The molecule has 0 aliphatic heterocycles. The molecular weight excluding hydrogens is 286 g/mol. The number of benzene rings is 2. The average molecular weight is 298 g/mol. The second-order valence-electron chi connectivity index (χ2n) is 4.14. The van der Waals surface area contributed by atoms with Crippen LogP contribution in [0.25, 0.3) is 0 Å². The van der Waals surface area contributed by atoms with Crippen molar-refractivity contribution in [2.75, 3.05) is 5.73 Å². The highest BCUT2D eigenvalue weighted by Crippen LogP contribution is 2.13. The normalized spacial score (nSPS) is 11.5. The maximum absolute atomic E-state index is 13.0. The van der Waals surface area contributed by atoms with Crippen LogP contribution >= 0.6 is 0 Å². The number of anilines is 1. The van der Waals surface area contributed by atoms with Gasteiger partial charge >= 0.3 is 0 Å². The summed E-state index contributed by atoms with van der Waals surface area (Å²) in [4.78, 5) is 0.0503. The first kappa shape index (κ1) is 14.4. The van der Waals surface area contributed by atoms with Crippen molar-refractivity contribution in [2.24, 2.45) is 0 Å². The van der Waals surface area contributed by atoms with E-state index in [0.717, 1.165) is 12.1 Å². The first-order valence-electron chi connectivity index (χ1n) is 5.67. The van der Waals surface area contributed by atoms with Gasteiger partial charge in [0, 0.05) is 12.2 Å². The maximum atomic E-state index is 13.0. The molecule has 0 saturated heterocycles. The summed E-state index contributed by atoms with van der Waals surface area (Å²) >= 11 is 0. The molecule has 2 rings (SSSR count). The highest BCUT2D eigenvalue weighted by atomic mass is 32.2. The first-order chi connectivity index (χ1) is 9.38. The summed E-state index contributed by atoms with van der Waals surface area (Å²) in [7, 11) is -3.72. The summed E-state index contributed by atoms with van der Waals surface area (Å²) in [5.41, 5.74) is 6.24. The van der Waals surface area contributed by atoms with Gasteiger partial charge in [-0.05, 0) is 42.0 Å². The predicted molar refractivity (Wildman–Crippen MR) is 71.2 cm³/mol. The van der Waals surface area contributed by atoms with Crippen LogP contribution in [0.5, 0.6) is 0 Å². The van der Waals surface area contributed by atoms with Crippen molar-refractivity contribution in [3.05, 3.63) is 59.7 Å². The summed E-state index contributed by atoms with van der Waals surface area (Å²) in [6.45, 7) is -0.135. The minimum atomic E-state index is -3.72. The standard InChI is InChI=1S/C13H12F2N2O2S/c14-12-6-1-9(7-13(12)15)8-17-20(18,19)11-4-2-10(16)3-5-11/h1-7,17H,8,16H2. The minimum absolute atomic E-state index is 0.0503. The lowest BCUT2D eigenvalue weighted by atomic mass is 10.2. The molecule has 0 heterocycles. The Morgan fingerprint density at radius 2 is 1.65 bits per heavy atom. The number of sulfonamides is 1. The molecule has 0 fully saturated rings. The molecule has 0 unspecified atom stereocenters. The summed E-state index contributed by atoms with van der Waals surface area (Å²) < 4.78 is 51.9. The van der Waals surface area contributed by atoms with E-state index in [4.69, 9.17) is 5.73 Å². The molecule has 20 heavy (non-hydrogen) atoms. The SMILES string of the molecule is Nc1ccc(S(=O)(=O)NCc2ccc(F)c(F)c2)cc1. The zero-order chi connectivity index (χ0) is 14.8. The van der Waals surface area contributed by atoms with Gasteiger partial charge in [0.1, 0.15) is 0 Å². The molecular formula is C13H12F2N2O2S. The summed E-state index contributed by atoms with van der Waals surface area (Å²) in [6.07, 6.45) is 0. The number of nitrogen functional groups attached to an aromatic ring is 1. The molecule has 2 aromatic carbocycles. The Hall–Kier alpha value is -1.99. The van der Waals surface area contributed by atoms with Crippen molar-refractivity contribution in [1.82, 2.24) is 4.72 Å². The fourth-order valence-electron chi connectivity index (χ4n) is 1.56. The van der Waals surface area contributed by atoms with Crippen LogP contribution in [0.4, 0.5) is 14.5 Å². The lowest BCUT2D eigenvalue weighted by Crippen LogP contribution is -2.23. The number of nitrogens with one attached hydrogen (secondary N) is 1. The van der Waals surface area contributed by atoms with Gasteiger partial charge in [-0.15, -0.1) is 0 Å². The third-order valence-electron chi connectivity index (χ3n) is 2.64. The zero-order valence-corrected chi connectivity index (χ0v) is 11.1. The second kappa shape index (κ2) is 5.56. The lowest BCUT2D eigenvalue weighted by molar-refractivity contribution is 0.506. The number of hydrogen-bond acceptors (Lipinski definition) is 3. The summed E-state index contributed by atoms with van der Waals surface area (Å²) in [5, 5.41) is 0. The van der Waals surface area contributed by atoms with Gasteiger partial charge in [0.15, 0.2) is 11.6 Å². The van der Waals surface area contributed by atoms with Crippen LogP contribution < -0.4 is 10.5 Å². The number of nitrogens with two attached hydrogens (primary N) is 1.